The molecule has 0 saturated carbocycles. The van der Waals surface area contributed by atoms with E-state index in [9.17, 15) is 21.7 Å². The Balaban J connectivity index is 0.000000252. The number of rotatable bonds is 0. The quantitative estimate of drug-likeness (QED) is 0.389. The average molecular weight is 309 g/mol. The average Bonchev–Trinajstić information content (AvgIpc) is 1.92. The van der Waals surface area contributed by atoms with Crippen molar-refractivity contribution in [2.45, 2.75) is 0 Å². The topological polar surface area (TPSA) is 0 Å². The highest BCUT2D eigenvalue weighted by Crippen LogP contribution is 2.07. The van der Waals surface area contributed by atoms with Gasteiger partial charge in [0.2, 0.25) is 0 Å². The molecule has 0 aliphatic heterocycles. The molecule has 0 heterocycles. The molecule has 0 aliphatic rings. The molecule has 0 saturated heterocycles. The number of hydrogen-bond donors (Lipinski definition) is 0. The molecule has 13 heavy (non-hydrogen) atoms. The van der Waals surface area contributed by atoms with E-state index in [0.717, 1.165) is 0 Å². The molecule has 0 N–H and O–H groups in total. The van der Waals surface area contributed by atoms with Gasteiger partial charge in [-0.15, -0.1) is 0 Å². The fourth-order valence-corrected chi connectivity index (χ4v) is 0.827. The van der Waals surface area contributed by atoms with Gasteiger partial charge in [0, 0.05) is 3.57 Å². The second-order valence-corrected chi connectivity index (χ2v) is 3.07. The molecule has 1 aromatic carbocycles. The van der Waals surface area contributed by atoms with Crippen molar-refractivity contribution in [3.63, 3.8) is 0 Å². The molecule has 0 nitrogen and oxygen atoms in total. The summed E-state index contributed by atoms with van der Waals surface area (Å²) in [4.78, 5) is 0. The Morgan fingerprint density at radius 3 is 1.62 bits per heavy atom. The summed E-state index contributed by atoms with van der Waals surface area (Å²) in [6.45, 7) is 0. The third-order valence-electron chi connectivity index (χ3n) is 0.824. The number of halogens is 6. The SMILES string of the molecule is F[B-](F)(F)F.Fc1ccccc1I. The first kappa shape index (κ1) is 12.7. The lowest BCUT2D eigenvalue weighted by Crippen LogP contribution is -2.02. The summed E-state index contributed by atoms with van der Waals surface area (Å²) in [5.74, 6) is -0.145. The predicted octanol–water partition coefficient (Wildman–Crippen LogP) is 3.73. The van der Waals surface area contributed by atoms with Crippen molar-refractivity contribution in [2.75, 3.05) is 0 Å². The molecule has 0 aliphatic carbocycles. The third kappa shape index (κ3) is 9.58. The van der Waals surface area contributed by atoms with Crippen LogP contribution in [0, 0.1) is 9.39 Å². The summed E-state index contributed by atoms with van der Waals surface area (Å²) >= 11 is 1.95. The normalized spacial score (nSPS) is 10.3. The third-order valence-corrected chi connectivity index (χ3v) is 1.70. The highest BCUT2D eigenvalue weighted by Gasteiger charge is 2.20. The first-order valence-electron chi connectivity index (χ1n) is 3.08. The monoisotopic (exact) mass is 309 g/mol. The van der Waals surface area contributed by atoms with Crippen LogP contribution >= 0.6 is 22.6 Å². The molecule has 0 spiro atoms. The molecule has 0 amide bonds. The minimum Gasteiger partial charge on any atom is -0.418 e. The van der Waals surface area contributed by atoms with Crippen LogP contribution in [0.1, 0.15) is 0 Å². The van der Waals surface area contributed by atoms with Crippen LogP contribution in [0.15, 0.2) is 24.3 Å². The first-order chi connectivity index (χ1) is 5.80. The van der Waals surface area contributed by atoms with Crippen molar-refractivity contribution in [2.24, 2.45) is 0 Å². The van der Waals surface area contributed by atoms with Gasteiger partial charge in [-0.1, -0.05) is 12.1 Å². The van der Waals surface area contributed by atoms with E-state index in [4.69, 9.17) is 0 Å². The molecular weight excluding hydrogens is 305 g/mol. The Morgan fingerprint density at radius 1 is 1.00 bits per heavy atom. The Kier molecular flexibility index (Phi) is 5.27. The molecule has 1 rings (SSSR count). The molecule has 0 bridgehead atoms. The smallest absolute Gasteiger partial charge is 0.418 e. The lowest BCUT2D eigenvalue weighted by Gasteiger charge is -1.94. The maximum Gasteiger partial charge on any atom is 0.673 e. The van der Waals surface area contributed by atoms with E-state index in [1.165, 1.54) is 6.07 Å². The van der Waals surface area contributed by atoms with Crippen molar-refractivity contribution < 1.29 is 21.7 Å². The zero-order valence-corrected chi connectivity index (χ0v) is 8.31. The van der Waals surface area contributed by atoms with Crippen molar-refractivity contribution >= 4 is 29.8 Å². The maximum atomic E-state index is 12.3. The molecule has 7 heteroatoms. The summed E-state index contributed by atoms with van der Waals surface area (Å²) in [6.07, 6.45) is 0. The van der Waals surface area contributed by atoms with Crippen LogP contribution in [-0.4, -0.2) is 7.25 Å². The second-order valence-electron chi connectivity index (χ2n) is 1.91. The van der Waals surface area contributed by atoms with E-state index < -0.39 is 7.25 Å². The fraction of sp³-hybridized carbons (Fsp3) is 0. The van der Waals surface area contributed by atoms with E-state index in [2.05, 4.69) is 0 Å². The van der Waals surface area contributed by atoms with Gasteiger partial charge in [0.15, 0.2) is 0 Å². The number of benzene rings is 1. The Bertz CT molecular complexity index is 234. The van der Waals surface area contributed by atoms with Gasteiger partial charge in [0.25, 0.3) is 0 Å². The van der Waals surface area contributed by atoms with Gasteiger partial charge in [0.1, 0.15) is 5.82 Å². The van der Waals surface area contributed by atoms with E-state index in [0.29, 0.717) is 3.57 Å². The van der Waals surface area contributed by atoms with Crippen molar-refractivity contribution in [3.05, 3.63) is 33.7 Å². The fourth-order valence-electron chi connectivity index (χ4n) is 0.439. The minimum atomic E-state index is -6.00. The largest absolute Gasteiger partial charge is 0.673 e. The molecular formula is C6H4BF5I-. The summed E-state index contributed by atoms with van der Waals surface area (Å²) in [7, 11) is -6.00. The zero-order chi connectivity index (χ0) is 10.5. The van der Waals surface area contributed by atoms with Crippen LogP contribution in [-0.2, 0) is 0 Å². The second kappa shape index (κ2) is 5.41. The van der Waals surface area contributed by atoms with Crippen LogP contribution < -0.4 is 0 Å². The number of hydrogen-bond acceptors (Lipinski definition) is 0. The van der Waals surface area contributed by atoms with E-state index in [1.807, 2.05) is 28.7 Å². The summed E-state index contributed by atoms with van der Waals surface area (Å²) in [5, 5.41) is 0. The van der Waals surface area contributed by atoms with Gasteiger partial charge in [-0.05, 0) is 34.7 Å². The van der Waals surface area contributed by atoms with Crippen LogP contribution in [0.5, 0.6) is 0 Å². The van der Waals surface area contributed by atoms with E-state index >= 15 is 0 Å². The minimum absolute atomic E-state index is 0.145. The van der Waals surface area contributed by atoms with Gasteiger partial charge in [-0.25, -0.2) is 4.39 Å². The molecule has 0 aromatic heterocycles. The molecule has 1 aromatic rings. The standard InChI is InChI=1S/C6H4FI.BF4/c7-5-3-1-2-4-6(5)8;2-1(3,4)5/h1-4H;/q;-1. The van der Waals surface area contributed by atoms with E-state index in [-0.39, 0.29) is 5.82 Å². The summed E-state index contributed by atoms with van der Waals surface area (Å²) in [6, 6.07) is 6.67. The Hall–Kier alpha value is -0.335. The van der Waals surface area contributed by atoms with Gasteiger partial charge in [-0.3, -0.25) is 0 Å². The van der Waals surface area contributed by atoms with E-state index in [1.54, 1.807) is 12.1 Å². The predicted molar refractivity (Wildman–Crippen MR) is 49.3 cm³/mol. The Labute approximate surface area is 85.4 Å². The van der Waals surface area contributed by atoms with Crippen LogP contribution in [0.3, 0.4) is 0 Å². The van der Waals surface area contributed by atoms with Gasteiger partial charge < -0.3 is 17.3 Å². The van der Waals surface area contributed by atoms with Gasteiger partial charge in [-0.2, -0.15) is 0 Å². The molecule has 0 atom stereocenters. The highest BCUT2D eigenvalue weighted by atomic mass is 127. The van der Waals surface area contributed by atoms with Crippen molar-refractivity contribution in [1.82, 2.24) is 0 Å². The van der Waals surface area contributed by atoms with Crippen LogP contribution in [0.25, 0.3) is 0 Å². The Morgan fingerprint density at radius 2 is 1.38 bits per heavy atom. The lowest BCUT2D eigenvalue weighted by molar-refractivity contribution is 0.368. The highest BCUT2D eigenvalue weighted by molar-refractivity contribution is 14.1. The molecule has 74 valence electrons. The van der Waals surface area contributed by atoms with Crippen LogP contribution in [0.2, 0.25) is 0 Å². The van der Waals surface area contributed by atoms with Crippen LogP contribution in [0.4, 0.5) is 21.7 Å². The molecule has 0 unspecified atom stereocenters. The van der Waals surface area contributed by atoms with Gasteiger partial charge in [0.05, 0.1) is 0 Å². The molecule has 0 fully saturated rings. The molecule has 0 radical (unpaired) electrons. The summed E-state index contributed by atoms with van der Waals surface area (Å²) in [5.41, 5.74) is 0. The maximum absolute atomic E-state index is 12.3. The van der Waals surface area contributed by atoms with Gasteiger partial charge >= 0.3 is 7.25 Å². The summed E-state index contributed by atoms with van der Waals surface area (Å²) < 4.78 is 52.0. The zero-order valence-electron chi connectivity index (χ0n) is 6.15. The van der Waals surface area contributed by atoms with Crippen molar-refractivity contribution in [1.29, 1.82) is 0 Å². The first-order valence-corrected chi connectivity index (χ1v) is 4.16. The lowest BCUT2D eigenvalue weighted by atomic mass is 10.3. The van der Waals surface area contributed by atoms with Crippen molar-refractivity contribution in [3.8, 4) is 0 Å².